The van der Waals surface area contributed by atoms with Crippen molar-refractivity contribution in [2.24, 2.45) is 0 Å². The molecule has 0 saturated heterocycles. The van der Waals surface area contributed by atoms with Gasteiger partial charge in [0.1, 0.15) is 0 Å². The Morgan fingerprint density at radius 1 is 1.05 bits per heavy atom. The van der Waals surface area contributed by atoms with Gasteiger partial charge in [-0.3, -0.25) is 0 Å². The second-order valence-corrected chi connectivity index (χ2v) is 7.38. The van der Waals surface area contributed by atoms with Crippen molar-refractivity contribution < 1.29 is 21.8 Å². The van der Waals surface area contributed by atoms with E-state index in [1.807, 2.05) is 36.4 Å². The Balaban J connectivity index is 0.000000304. The molecule has 0 fully saturated rings. The predicted octanol–water partition coefficient (Wildman–Crippen LogP) is 0.598. The maximum Gasteiger partial charge on any atom is -0.0623 e. The fourth-order valence-electron chi connectivity index (χ4n) is 1.44. The van der Waals surface area contributed by atoms with Gasteiger partial charge in [-0.05, 0) is 0 Å². The molecule has 21 heavy (non-hydrogen) atoms. The number of aromatic hydroxyl groups is 1. The molecule has 0 aromatic heterocycles. The van der Waals surface area contributed by atoms with Crippen molar-refractivity contribution in [3.63, 3.8) is 0 Å². The van der Waals surface area contributed by atoms with Gasteiger partial charge in [-0.25, -0.2) is 0 Å². The summed E-state index contributed by atoms with van der Waals surface area (Å²) in [6.45, 7) is 1.29. The number of carbonyl (C=O) groups excluding carboxylic acids is 1. The quantitative estimate of drug-likeness (QED) is 0.592. The van der Waals surface area contributed by atoms with Crippen molar-refractivity contribution in [2.45, 2.75) is 6.92 Å². The van der Waals surface area contributed by atoms with Crippen LogP contribution in [0.5, 0.6) is 5.75 Å². The summed E-state index contributed by atoms with van der Waals surface area (Å²) in [7, 11) is 0. The van der Waals surface area contributed by atoms with Gasteiger partial charge < -0.3 is 0 Å². The maximum absolute atomic E-state index is 10.9. The van der Waals surface area contributed by atoms with E-state index in [1.165, 1.54) is 13.0 Å². The van der Waals surface area contributed by atoms with Crippen LogP contribution >= 0.6 is 0 Å². The molecular weight excluding hydrogens is 337 g/mol. The number of anilines is 1. The zero-order valence-electron chi connectivity index (χ0n) is 11.3. The number of hydrogen-bond acceptors (Lipinski definition) is 3. The molecule has 2 aromatic carbocycles. The van der Waals surface area contributed by atoms with E-state index in [1.54, 1.807) is 0 Å². The second kappa shape index (κ2) is 7.69. The number of rotatable bonds is 2. The molecule has 0 bridgehead atoms. The smallest absolute Gasteiger partial charge is 0.0623 e. The van der Waals surface area contributed by atoms with E-state index in [0.29, 0.717) is 0 Å². The minimum atomic E-state index is -5.09. The van der Waals surface area contributed by atoms with Gasteiger partial charge in [0.25, 0.3) is 0 Å². The topological polar surface area (TPSA) is 107 Å². The third-order valence-corrected chi connectivity index (χ3v) is 4.39. The van der Waals surface area contributed by atoms with Crippen LogP contribution in [0.3, 0.4) is 0 Å². The third-order valence-electron chi connectivity index (χ3n) is 2.28. The summed E-state index contributed by atoms with van der Waals surface area (Å²) >= 11 is -5.09. The third kappa shape index (κ3) is 6.31. The van der Waals surface area contributed by atoms with Crippen LogP contribution in [-0.4, -0.2) is 33.4 Å². The van der Waals surface area contributed by atoms with Crippen LogP contribution in [0.15, 0.2) is 54.6 Å². The van der Waals surface area contributed by atoms with Crippen LogP contribution < -0.4 is 9.67 Å². The van der Waals surface area contributed by atoms with Crippen molar-refractivity contribution in [2.75, 3.05) is 5.32 Å². The molecule has 2 aromatic rings. The number of hydrogen-bond donors (Lipinski definition) is 4. The average molecular weight is 353 g/mol. The van der Waals surface area contributed by atoms with Gasteiger partial charge in [-0.2, -0.15) is 0 Å². The van der Waals surface area contributed by atoms with Gasteiger partial charge in [0.15, 0.2) is 0 Å². The minimum absolute atomic E-state index is 0.285. The van der Waals surface area contributed by atoms with E-state index < -0.39 is 24.3 Å². The van der Waals surface area contributed by atoms with E-state index in [0.717, 1.165) is 12.1 Å². The first kappa shape index (κ1) is 17.0. The van der Waals surface area contributed by atoms with Crippen LogP contribution in [0.2, 0.25) is 0 Å². The zero-order chi connectivity index (χ0) is 15.9. The van der Waals surface area contributed by atoms with E-state index in [4.69, 9.17) is 8.19 Å². The standard InChI is InChI=1S/C8H10AsNO5.C6H6/c1-5(11)10-6-2-3-7(8(12)4-6)9(13,14)15;1-2-4-6-5-3-1/h2-4,12H,1H3,(H,10,11)(H2,13,14,15);1-6H. The molecule has 4 N–H and O–H groups in total. The molecule has 2 rings (SSSR count). The molecular formula is C14H16AsNO5. The Morgan fingerprint density at radius 2 is 1.52 bits per heavy atom. The minimum Gasteiger partial charge on any atom is -0.0623 e. The number of nitrogens with one attached hydrogen (secondary N) is 1. The van der Waals surface area contributed by atoms with Gasteiger partial charge in [0, 0.05) is 0 Å². The first-order valence-corrected chi connectivity index (χ1v) is 9.35. The molecule has 0 radical (unpaired) electrons. The molecule has 0 unspecified atom stereocenters. The number of phenolic OH excluding ortho intramolecular Hbond substituents is 1. The molecule has 1 amide bonds. The first-order valence-electron chi connectivity index (χ1n) is 5.97. The number of benzene rings is 2. The van der Waals surface area contributed by atoms with E-state index in [-0.39, 0.29) is 11.6 Å². The number of amides is 1. The summed E-state index contributed by atoms with van der Waals surface area (Å²) in [6.07, 6.45) is 0. The molecule has 112 valence electrons. The Labute approximate surface area is 125 Å². The summed E-state index contributed by atoms with van der Waals surface area (Å²) < 4.78 is 28.2. The largest absolute Gasteiger partial charge is 0.0623 e. The average Bonchev–Trinajstić information content (AvgIpc) is 2.39. The summed E-state index contributed by atoms with van der Waals surface area (Å²) in [5.41, 5.74) is 0.285. The van der Waals surface area contributed by atoms with Crippen LogP contribution in [0.4, 0.5) is 5.69 Å². The van der Waals surface area contributed by atoms with Gasteiger partial charge in [0.05, 0.1) is 0 Å². The zero-order valence-corrected chi connectivity index (χ0v) is 13.2. The van der Waals surface area contributed by atoms with E-state index in [9.17, 15) is 13.6 Å². The molecule has 0 atom stereocenters. The van der Waals surface area contributed by atoms with Gasteiger partial charge >= 0.3 is 88.1 Å². The van der Waals surface area contributed by atoms with Gasteiger partial charge in [0.2, 0.25) is 0 Å². The van der Waals surface area contributed by atoms with Crippen molar-refractivity contribution in [1.29, 1.82) is 0 Å². The summed E-state index contributed by atoms with van der Waals surface area (Å²) in [5, 5.41) is 11.7. The van der Waals surface area contributed by atoms with Gasteiger partial charge in [-0.15, -0.1) is 0 Å². The summed E-state index contributed by atoms with van der Waals surface area (Å²) in [4.78, 5) is 10.7. The second-order valence-electron chi connectivity index (χ2n) is 4.08. The Kier molecular flexibility index (Phi) is 6.24. The van der Waals surface area contributed by atoms with E-state index >= 15 is 0 Å². The molecule has 0 aliphatic rings. The normalized spacial score (nSPS) is 10.2. The first-order chi connectivity index (χ1) is 9.80. The molecule has 0 heterocycles. The summed E-state index contributed by atoms with van der Waals surface area (Å²) in [5.74, 6) is -0.850. The van der Waals surface area contributed by atoms with Crippen LogP contribution in [0, 0.1) is 0 Å². The van der Waals surface area contributed by atoms with Crippen molar-refractivity contribution in [3.05, 3.63) is 54.6 Å². The molecule has 0 aliphatic carbocycles. The molecule has 7 heteroatoms. The van der Waals surface area contributed by atoms with Crippen LogP contribution in [0.1, 0.15) is 6.92 Å². The number of phenols is 1. The van der Waals surface area contributed by atoms with Gasteiger partial charge in [-0.1, -0.05) is 36.4 Å². The Bertz CT molecular complexity index is 612. The molecule has 6 nitrogen and oxygen atoms in total. The van der Waals surface area contributed by atoms with Crippen molar-refractivity contribution in [3.8, 4) is 5.75 Å². The molecule has 0 saturated carbocycles. The number of carbonyl (C=O) groups is 1. The Morgan fingerprint density at radius 3 is 1.86 bits per heavy atom. The fourth-order valence-corrected chi connectivity index (χ4v) is 2.76. The fraction of sp³-hybridized carbons (Fsp3) is 0.0714. The van der Waals surface area contributed by atoms with Crippen molar-refractivity contribution >= 4 is 30.1 Å². The molecule has 0 aliphatic heterocycles. The van der Waals surface area contributed by atoms with Crippen LogP contribution in [-0.2, 0) is 8.53 Å². The maximum atomic E-state index is 10.9. The van der Waals surface area contributed by atoms with E-state index in [2.05, 4.69) is 5.32 Å². The summed E-state index contributed by atoms with van der Waals surface area (Å²) in [6, 6.07) is 15.5. The Hall–Kier alpha value is -2.01. The molecule has 0 spiro atoms. The van der Waals surface area contributed by atoms with Crippen molar-refractivity contribution in [1.82, 2.24) is 0 Å². The van der Waals surface area contributed by atoms with Crippen LogP contribution in [0.25, 0.3) is 0 Å². The monoisotopic (exact) mass is 353 g/mol. The predicted molar refractivity (Wildman–Crippen MR) is 79.4 cm³/mol. The SMILES string of the molecule is CC(=O)Nc1ccc([As](=O)(O)O)c(O)c1.c1ccccc1.